The number of halogens is 1. The van der Waals surface area contributed by atoms with Crippen molar-refractivity contribution in [1.82, 2.24) is 4.98 Å². The molecule has 2 rings (SSSR count). The quantitative estimate of drug-likeness (QED) is 0.849. The predicted octanol–water partition coefficient (Wildman–Crippen LogP) is 3.53. The van der Waals surface area contributed by atoms with Gasteiger partial charge in [0.25, 0.3) is 0 Å². The average molecular weight is 322 g/mol. The Morgan fingerprint density at radius 1 is 1.28 bits per heavy atom. The van der Waals surface area contributed by atoms with E-state index in [1.54, 1.807) is 12.3 Å². The Kier molecular flexibility index (Phi) is 3.93. The SMILES string of the molecule is Cc1cc(Br)cc(Nc2ccc(C(N)=S)nc2)c1. The number of aromatic nitrogens is 1. The van der Waals surface area contributed by atoms with Crippen LogP contribution in [0.1, 0.15) is 11.3 Å². The van der Waals surface area contributed by atoms with Gasteiger partial charge in [0.1, 0.15) is 4.99 Å². The van der Waals surface area contributed by atoms with Gasteiger partial charge in [-0.1, -0.05) is 28.1 Å². The number of hydrogen-bond donors (Lipinski definition) is 2. The third kappa shape index (κ3) is 3.27. The van der Waals surface area contributed by atoms with E-state index in [0.717, 1.165) is 15.8 Å². The summed E-state index contributed by atoms with van der Waals surface area (Å²) in [5.74, 6) is 0. The van der Waals surface area contributed by atoms with Crippen molar-refractivity contribution in [2.24, 2.45) is 5.73 Å². The first-order chi connectivity index (χ1) is 8.54. The summed E-state index contributed by atoms with van der Waals surface area (Å²) < 4.78 is 1.04. The third-order valence-electron chi connectivity index (χ3n) is 2.35. The van der Waals surface area contributed by atoms with Crippen LogP contribution in [0.3, 0.4) is 0 Å². The number of thiocarbonyl (C=S) groups is 1. The third-order valence-corrected chi connectivity index (χ3v) is 3.01. The molecule has 0 saturated heterocycles. The first-order valence-corrected chi connectivity index (χ1v) is 6.55. The molecule has 1 aromatic carbocycles. The average Bonchev–Trinajstić information content (AvgIpc) is 2.28. The predicted molar refractivity (Wildman–Crippen MR) is 82.3 cm³/mol. The topological polar surface area (TPSA) is 50.9 Å². The second-order valence-corrected chi connectivity index (χ2v) is 5.29. The molecule has 0 aliphatic rings. The van der Waals surface area contributed by atoms with Crippen LogP contribution in [0.25, 0.3) is 0 Å². The van der Waals surface area contributed by atoms with Crippen LogP contribution in [-0.2, 0) is 0 Å². The van der Waals surface area contributed by atoms with Gasteiger partial charge in [-0.05, 0) is 42.8 Å². The molecule has 1 aromatic heterocycles. The van der Waals surface area contributed by atoms with Crippen molar-refractivity contribution in [3.8, 4) is 0 Å². The number of nitrogens with one attached hydrogen (secondary N) is 1. The van der Waals surface area contributed by atoms with Gasteiger partial charge in [-0.2, -0.15) is 0 Å². The van der Waals surface area contributed by atoms with E-state index in [1.807, 2.05) is 19.1 Å². The minimum Gasteiger partial charge on any atom is -0.388 e. The zero-order valence-corrected chi connectivity index (χ0v) is 12.2. The number of nitrogens with two attached hydrogens (primary N) is 1. The molecular formula is C13H12BrN3S. The van der Waals surface area contributed by atoms with E-state index < -0.39 is 0 Å². The summed E-state index contributed by atoms with van der Waals surface area (Å²) in [6.07, 6.45) is 1.71. The highest BCUT2D eigenvalue weighted by Gasteiger charge is 2.00. The molecule has 0 bridgehead atoms. The lowest BCUT2D eigenvalue weighted by Crippen LogP contribution is -2.11. The molecule has 18 heavy (non-hydrogen) atoms. The summed E-state index contributed by atoms with van der Waals surface area (Å²) in [4.78, 5) is 4.48. The lowest BCUT2D eigenvalue weighted by Gasteiger charge is -2.08. The van der Waals surface area contributed by atoms with Crippen molar-refractivity contribution >= 4 is 44.5 Å². The van der Waals surface area contributed by atoms with Gasteiger partial charge in [0.2, 0.25) is 0 Å². The van der Waals surface area contributed by atoms with Crippen molar-refractivity contribution in [3.63, 3.8) is 0 Å². The van der Waals surface area contributed by atoms with E-state index in [-0.39, 0.29) is 0 Å². The largest absolute Gasteiger partial charge is 0.388 e. The van der Waals surface area contributed by atoms with Crippen molar-refractivity contribution in [2.75, 3.05) is 5.32 Å². The van der Waals surface area contributed by atoms with Crippen LogP contribution in [0.15, 0.2) is 41.0 Å². The number of benzene rings is 1. The van der Waals surface area contributed by atoms with E-state index in [2.05, 4.69) is 38.4 Å². The van der Waals surface area contributed by atoms with E-state index >= 15 is 0 Å². The highest BCUT2D eigenvalue weighted by atomic mass is 79.9. The molecule has 92 valence electrons. The molecule has 0 unspecified atom stereocenters. The Morgan fingerprint density at radius 3 is 2.61 bits per heavy atom. The molecule has 0 radical (unpaired) electrons. The maximum absolute atomic E-state index is 5.50. The minimum absolute atomic E-state index is 0.305. The first kappa shape index (κ1) is 13.0. The Morgan fingerprint density at radius 2 is 2.06 bits per heavy atom. The number of pyridine rings is 1. The molecule has 0 atom stereocenters. The molecule has 0 amide bonds. The summed E-state index contributed by atoms with van der Waals surface area (Å²) in [6, 6.07) is 9.83. The van der Waals surface area contributed by atoms with Gasteiger partial charge >= 0.3 is 0 Å². The standard InChI is InChI=1S/C13H12BrN3S/c1-8-4-9(14)6-11(5-8)17-10-2-3-12(13(15)18)16-7-10/h2-7,17H,1H3,(H2,15,18). The molecule has 2 aromatic rings. The normalized spacial score (nSPS) is 10.1. The summed E-state index contributed by atoms with van der Waals surface area (Å²) >= 11 is 8.33. The maximum atomic E-state index is 5.50. The molecule has 3 nitrogen and oxygen atoms in total. The summed E-state index contributed by atoms with van der Waals surface area (Å²) in [6.45, 7) is 2.05. The van der Waals surface area contributed by atoms with Crippen molar-refractivity contribution < 1.29 is 0 Å². The Hall–Kier alpha value is -1.46. The molecule has 0 aliphatic carbocycles. The summed E-state index contributed by atoms with van der Waals surface area (Å²) in [5.41, 5.74) is 9.21. The molecule has 0 fully saturated rings. The van der Waals surface area contributed by atoms with Gasteiger partial charge in [0.15, 0.2) is 0 Å². The van der Waals surface area contributed by atoms with E-state index in [1.165, 1.54) is 5.56 Å². The summed E-state index contributed by atoms with van der Waals surface area (Å²) in [5, 5.41) is 3.28. The Labute approximate surface area is 120 Å². The van der Waals surface area contributed by atoms with Gasteiger partial charge in [0, 0.05) is 10.2 Å². The maximum Gasteiger partial charge on any atom is 0.122 e. The van der Waals surface area contributed by atoms with Crippen LogP contribution in [0.5, 0.6) is 0 Å². The highest BCUT2D eigenvalue weighted by molar-refractivity contribution is 9.10. The van der Waals surface area contributed by atoms with Crippen LogP contribution in [0.2, 0.25) is 0 Å². The second kappa shape index (κ2) is 5.46. The van der Waals surface area contributed by atoms with Crippen LogP contribution in [0.4, 0.5) is 11.4 Å². The Balaban J connectivity index is 2.20. The van der Waals surface area contributed by atoms with Crippen LogP contribution in [-0.4, -0.2) is 9.97 Å². The number of rotatable bonds is 3. The zero-order valence-electron chi connectivity index (χ0n) is 9.77. The van der Waals surface area contributed by atoms with E-state index in [0.29, 0.717) is 10.7 Å². The van der Waals surface area contributed by atoms with Crippen molar-refractivity contribution in [2.45, 2.75) is 6.92 Å². The fourth-order valence-corrected chi connectivity index (χ4v) is 2.32. The lowest BCUT2D eigenvalue weighted by molar-refractivity contribution is 1.29. The number of aryl methyl sites for hydroxylation is 1. The molecule has 0 saturated carbocycles. The number of anilines is 2. The van der Waals surface area contributed by atoms with Crippen LogP contribution >= 0.6 is 28.1 Å². The van der Waals surface area contributed by atoms with Crippen LogP contribution < -0.4 is 11.1 Å². The van der Waals surface area contributed by atoms with Crippen molar-refractivity contribution in [1.29, 1.82) is 0 Å². The van der Waals surface area contributed by atoms with Gasteiger partial charge in [-0.15, -0.1) is 0 Å². The first-order valence-electron chi connectivity index (χ1n) is 5.34. The smallest absolute Gasteiger partial charge is 0.122 e. The fourth-order valence-electron chi connectivity index (χ4n) is 1.59. The lowest BCUT2D eigenvalue weighted by atomic mass is 10.2. The fraction of sp³-hybridized carbons (Fsp3) is 0.0769. The molecule has 3 N–H and O–H groups in total. The monoisotopic (exact) mass is 321 g/mol. The van der Waals surface area contributed by atoms with E-state index in [4.69, 9.17) is 18.0 Å². The van der Waals surface area contributed by atoms with Crippen LogP contribution in [0, 0.1) is 6.92 Å². The molecular weight excluding hydrogens is 310 g/mol. The van der Waals surface area contributed by atoms with Crippen molar-refractivity contribution in [3.05, 3.63) is 52.3 Å². The van der Waals surface area contributed by atoms with Gasteiger partial charge in [0.05, 0.1) is 17.6 Å². The molecule has 0 spiro atoms. The molecule has 5 heteroatoms. The number of hydrogen-bond acceptors (Lipinski definition) is 3. The molecule has 1 heterocycles. The Bertz CT molecular complexity index is 561. The van der Waals surface area contributed by atoms with Gasteiger partial charge in [-0.25, -0.2) is 0 Å². The minimum atomic E-state index is 0.305. The number of nitrogens with zero attached hydrogens (tertiary/aromatic N) is 1. The second-order valence-electron chi connectivity index (χ2n) is 3.94. The van der Waals surface area contributed by atoms with E-state index in [9.17, 15) is 0 Å². The highest BCUT2D eigenvalue weighted by Crippen LogP contribution is 2.22. The summed E-state index contributed by atoms with van der Waals surface area (Å²) in [7, 11) is 0. The zero-order chi connectivity index (χ0) is 13.1. The van der Waals surface area contributed by atoms with Gasteiger partial charge in [-0.3, -0.25) is 4.98 Å². The molecule has 0 aliphatic heterocycles. The van der Waals surface area contributed by atoms with Gasteiger partial charge < -0.3 is 11.1 Å².